The number of hydrogen-bond acceptors (Lipinski definition) is 5. The van der Waals surface area contributed by atoms with E-state index in [1.54, 1.807) is 6.20 Å². The summed E-state index contributed by atoms with van der Waals surface area (Å²) in [5.74, 6) is 1.21. The summed E-state index contributed by atoms with van der Waals surface area (Å²) in [4.78, 5) is 23.0. The molecule has 0 unspecified atom stereocenters. The molecule has 3 rings (SSSR count). The minimum Gasteiger partial charge on any atom is -0.363 e. The largest absolute Gasteiger partial charge is 0.363 e. The summed E-state index contributed by atoms with van der Waals surface area (Å²) in [6.45, 7) is 0.589. The molecule has 1 aromatic carbocycles. The van der Waals surface area contributed by atoms with Gasteiger partial charge in [-0.05, 0) is 55.9 Å². The van der Waals surface area contributed by atoms with Crippen molar-refractivity contribution in [3.63, 3.8) is 0 Å². The van der Waals surface area contributed by atoms with E-state index in [1.165, 1.54) is 12.1 Å². The van der Waals surface area contributed by atoms with E-state index in [0.717, 1.165) is 37.6 Å². The summed E-state index contributed by atoms with van der Waals surface area (Å²) in [7, 11) is 3.90. The number of aromatic nitrogens is 2. The summed E-state index contributed by atoms with van der Waals surface area (Å²) >= 11 is 5.95. The average Bonchev–Trinajstić information content (AvgIpc) is 2.67. The highest BCUT2D eigenvalue weighted by Crippen LogP contribution is 2.26. The first-order valence-electron chi connectivity index (χ1n) is 9.42. The van der Waals surface area contributed by atoms with Gasteiger partial charge in [0.05, 0.1) is 10.6 Å². The van der Waals surface area contributed by atoms with Crippen molar-refractivity contribution in [2.24, 2.45) is 5.92 Å². The van der Waals surface area contributed by atoms with Crippen LogP contribution in [0.15, 0.2) is 30.5 Å². The second kappa shape index (κ2) is 9.19. The number of amides is 1. The summed E-state index contributed by atoms with van der Waals surface area (Å²) in [5.41, 5.74) is 0.302. The molecule has 0 radical (unpaired) electrons. The second-order valence-corrected chi connectivity index (χ2v) is 7.74. The fourth-order valence-corrected chi connectivity index (χ4v) is 3.62. The third-order valence-corrected chi connectivity index (χ3v) is 5.32. The molecule has 1 aromatic heterocycles. The minimum absolute atomic E-state index is 0.130. The number of nitrogens with zero attached hydrogens (tertiary/aromatic N) is 3. The number of rotatable bonds is 6. The van der Waals surface area contributed by atoms with E-state index in [9.17, 15) is 9.18 Å². The fraction of sp³-hybridized carbons (Fsp3) is 0.450. The molecule has 2 aromatic rings. The summed E-state index contributed by atoms with van der Waals surface area (Å²) in [6.07, 6.45) is 5.75. The van der Waals surface area contributed by atoms with Gasteiger partial charge in [0.2, 0.25) is 5.95 Å². The predicted molar refractivity (Wildman–Crippen MR) is 109 cm³/mol. The highest BCUT2D eigenvalue weighted by Gasteiger charge is 2.22. The van der Waals surface area contributed by atoms with Crippen molar-refractivity contribution < 1.29 is 9.18 Å². The third-order valence-electron chi connectivity index (χ3n) is 5.01. The minimum atomic E-state index is -0.451. The Morgan fingerprint density at radius 2 is 2.00 bits per heavy atom. The molecule has 1 fully saturated rings. The molecule has 1 aliphatic carbocycles. The first-order valence-corrected chi connectivity index (χ1v) is 9.80. The van der Waals surface area contributed by atoms with Gasteiger partial charge < -0.3 is 15.5 Å². The lowest BCUT2D eigenvalue weighted by Crippen LogP contribution is -2.34. The smallest absolute Gasteiger partial charge is 0.252 e. The maximum atomic E-state index is 13.1. The quantitative estimate of drug-likeness (QED) is 0.766. The van der Waals surface area contributed by atoms with Crippen LogP contribution in [0.2, 0.25) is 5.02 Å². The number of benzene rings is 1. The molecule has 150 valence electrons. The molecule has 1 heterocycles. The number of carbonyl (C=O) groups is 1. The first kappa shape index (κ1) is 20.3. The average molecular weight is 406 g/mol. The molecule has 1 amide bonds. The van der Waals surface area contributed by atoms with Crippen molar-refractivity contribution in [1.29, 1.82) is 0 Å². The zero-order valence-electron chi connectivity index (χ0n) is 16.1. The summed E-state index contributed by atoms with van der Waals surface area (Å²) in [6, 6.07) is 6.01. The van der Waals surface area contributed by atoms with Gasteiger partial charge in [0.1, 0.15) is 11.6 Å². The maximum absolute atomic E-state index is 13.1. The first-order chi connectivity index (χ1) is 13.4. The fourth-order valence-electron chi connectivity index (χ4n) is 3.37. The molecule has 0 atom stereocenters. The van der Waals surface area contributed by atoms with E-state index < -0.39 is 5.82 Å². The van der Waals surface area contributed by atoms with E-state index in [4.69, 9.17) is 11.6 Å². The van der Waals surface area contributed by atoms with E-state index in [0.29, 0.717) is 30.0 Å². The number of carbonyl (C=O) groups excluding carboxylic acids is 1. The maximum Gasteiger partial charge on any atom is 0.252 e. The zero-order valence-corrected chi connectivity index (χ0v) is 16.8. The number of nitrogens with one attached hydrogen (secondary N) is 2. The molecule has 28 heavy (non-hydrogen) atoms. The highest BCUT2D eigenvalue weighted by atomic mass is 35.5. The van der Waals surface area contributed by atoms with Gasteiger partial charge in [0.25, 0.3) is 5.91 Å². The molecular formula is C20H25ClFN5O. The van der Waals surface area contributed by atoms with Gasteiger partial charge in [-0.1, -0.05) is 11.6 Å². The Hall–Kier alpha value is -2.41. The van der Waals surface area contributed by atoms with Crippen LogP contribution in [0.5, 0.6) is 0 Å². The molecule has 8 heteroatoms. The van der Waals surface area contributed by atoms with Crippen LogP contribution in [-0.2, 0) is 0 Å². The lowest BCUT2D eigenvalue weighted by molar-refractivity contribution is 0.0943. The third kappa shape index (κ3) is 5.32. The zero-order chi connectivity index (χ0) is 20.1. The molecule has 1 saturated carbocycles. The van der Waals surface area contributed by atoms with E-state index in [2.05, 4.69) is 20.6 Å². The van der Waals surface area contributed by atoms with Crippen molar-refractivity contribution in [3.05, 3.63) is 46.9 Å². The molecule has 0 aliphatic heterocycles. The topological polar surface area (TPSA) is 70.2 Å². The Morgan fingerprint density at radius 1 is 1.25 bits per heavy atom. The van der Waals surface area contributed by atoms with Crippen LogP contribution in [0.25, 0.3) is 0 Å². The van der Waals surface area contributed by atoms with Gasteiger partial charge in [-0.15, -0.1) is 0 Å². The van der Waals surface area contributed by atoms with Crippen LogP contribution in [0.1, 0.15) is 36.0 Å². The standard InChI is InChI=1S/C20H25ClFN5O/c1-27(2)18-9-10-23-20(26-18)25-15-6-3-13(4-7-15)12-24-19(28)16-8-5-14(22)11-17(16)21/h5,8-11,13,15H,3-4,6-7,12H2,1-2H3,(H,24,28)(H,23,25,26)/t13-,15+. The van der Waals surface area contributed by atoms with Gasteiger partial charge in [0, 0.05) is 32.9 Å². The van der Waals surface area contributed by atoms with Gasteiger partial charge in [-0.2, -0.15) is 4.98 Å². The van der Waals surface area contributed by atoms with Crippen molar-refractivity contribution in [2.45, 2.75) is 31.7 Å². The highest BCUT2D eigenvalue weighted by molar-refractivity contribution is 6.33. The Labute approximate surface area is 169 Å². The van der Waals surface area contributed by atoms with Gasteiger partial charge in [-0.25, -0.2) is 9.37 Å². The van der Waals surface area contributed by atoms with E-state index >= 15 is 0 Å². The molecule has 0 bridgehead atoms. The molecule has 0 saturated heterocycles. The van der Waals surface area contributed by atoms with Crippen LogP contribution in [-0.4, -0.2) is 42.6 Å². The van der Waals surface area contributed by atoms with Crippen LogP contribution < -0.4 is 15.5 Å². The molecular weight excluding hydrogens is 381 g/mol. The Kier molecular flexibility index (Phi) is 6.67. The Morgan fingerprint density at radius 3 is 2.68 bits per heavy atom. The SMILES string of the molecule is CN(C)c1ccnc(N[C@H]2CC[C@@H](CNC(=O)c3ccc(F)cc3Cl)CC2)n1. The monoisotopic (exact) mass is 405 g/mol. The van der Waals surface area contributed by atoms with Crippen molar-refractivity contribution in [1.82, 2.24) is 15.3 Å². The van der Waals surface area contributed by atoms with E-state index in [1.807, 2.05) is 25.1 Å². The van der Waals surface area contributed by atoms with Crippen LogP contribution >= 0.6 is 11.6 Å². The van der Waals surface area contributed by atoms with Crippen LogP contribution in [0, 0.1) is 11.7 Å². The Bertz CT molecular complexity index is 824. The second-order valence-electron chi connectivity index (χ2n) is 7.33. The van der Waals surface area contributed by atoms with Crippen molar-refractivity contribution in [2.75, 3.05) is 30.9 Å². The lowest BCUT2D eigenvalue weighted by Gasteiger charge is -2.29. The van der Waals surface area contributed by atoms with Crippen molar-refractivity contribution in [3.8, 4) is 0 Å². The summed E-state index contributed by atoms with van der Waals surface area (Å²) in [5, 5.41) is 6.46. The molecule has 1 aliphatic rings. The van der Waals surface area contributed by atoms with Gasteiger partial charge >= 0.3 is 0 Å². The molecule has 2 N–H and O–H groups in total. The van der Waals surface area contributed by atoms with Gasteiger partial charge in [0.15, 0.2) is 0 Å². The van der Waals surface area contributed by atoms with Crippen molar-refractivity contribution >= 4 is 29.3 Å². The number of hydrogen-bond donors (Lipinski definition) is 2. The van der Waals surface area contributed by atoms with Crippen LogP contribution in [0.4, 0.5) is 16.2 Å². The lowest BCUT2D eigenvalue weighted by atomic mass is 9.86. The molecule has 6 nitrogen and oxygen atoms in total. The Balaban J connectivity index is 1.45. The van der Waals surface area contributed by atoms with Crippen LogP contribution in [0.3, 0.4) is 0 Å². The summed E-state index contributed by atoms with van der Waals surface area (Å²) < 4.78 is 13.1. The number of halogens is 2. The molecule has 0 spiro atoms. The predicted octanol–water partition coefficient (Wildman–Crippen LogP) is 3.74. The van der Waals surface area contributed by atoms with Gasteiger partial charge in [-0.3, -0.25) is 4.79 Å². The normalized spacial score (nSPS) is 19.1. The van der Waals surface area contributed by atoms with E-state index in [-0.39, 0.29) is 10.9 Å². The number of anilines is 2.